The van der Waals surface area contributed by atoms with Gasteiger partial charge in [0.15, 0.2) is 5.78 Å². The Hall–Kier alpha value is -4.19. The van der Waals surface area contributed by atoms with Gasteiger partial charge in [0.05, 0.1) is 5.56 Å². The lowest BCUT2D eigenvalue weighted by Crippen LogP contribution is -2.11. The fourth-order valence-electron chi connectivity index (χ4n) is 3.41. The van der Waals surface area contributed by atoms with Gasteiger partial charge >= 0.3 is 11.9 Å². The van der Waals surface area contributed by atoms with Gasteiger partial charge in [0.2, 0.25) is 0 Å². The molecule has 1 heterocycles. The van der Waals surface area contributed by atoms with Crippen LogP contribution >= 0.6 is 0 Å². The quantitative estimate of drug-likeness (QED) is 0.273. The minimum atomic E-state index is -0.519. The Bertz CT molecular complexity index is 1160. The number of phenolic OH excluding ortho intramolecular Hbond substituents is 1. The van der Waals surface area contributed by atoms with Gasteiger partial charge in [-0.05, 0) is 66.2 Å². The van der Waals surface area contributed by atoms with Crippen molar-refractivity contribution in [3.8, 4) is 11.5 Å². The highest BCUT2D eigenvalue weighted by Crippen LogP contribution is 2.23. The van der Waals surface area contributed by atoms with E-state index in [1.807, 2.05) is 0 Å². The highest BCUT2D eigenvalue weighted by atomic mass is 16.6. The maximum absolute atomic E-state index is 12.5. The van der Waals surface area contributed by atoms with Crippen molar-refractivity contribution in [1.82, 2.24) is 0 Å². The van der Waals surface area contributed by atoms with E-state index in [-0.39, 0.29) is 23.6 Å². The molecule has 0 bridgehead atoms. The largest absolute Gasteiger partial charge is 0.508 e. The maximum atomic E-state index is 12.5. The van der Waals surface area contributed by atoms with E-state index in [2.05, 4.69) is 6.58 Å². The molecule has 4 rings (SSSR count). The number of benzene rings is 3. The predicted molar refractivity (Wildman–Crippen MR) is 117 cm³/mol. The minimum Gasteiger partial charge on any atom is -0.508 e. The van der Waals surface area contributed by atoms with E-state index in [0.29, 0.717) is 40.9 Å². The van der Waals surface area contributed by atoms with Crippen LogP contribution in [0.25, 0.3) is 0 Å². The molecule has 0 spiro atoms. The molecule has 1 aliphatic rings. The van der Waals surface area contributed by atoms with Gasteiger partial charge in [-0.15, -0.1) is 0 Å². The molecule has 0 radical (unpaired) electrons. The van der Waals surface area contributed by atoms with Gasteiger partial charge in [-0.25, -0.2) is 9.59 Å². The molecule has 0 amide bonds. The van der Waals surface area contributed by atoms with E-state index in [9.17, 15) is 19.5 Å². The summed E-state index contributed by atoms with van der Waals surface area (Å²) in [6.45, 7) is 3.67. The Balaban J connectivity index is 1.36. The Kier molecular flexibility index (Phi) is 5.85. The van der Waals surface area contributed by atoms with E-state index < -0.39 is 5.97 Å². The molecule has 1 fully saturated rings. The Morgan fingerprint density at radius 1 is 0.906 bits per heavy atom. The fraction of sp³-hybridized carbons (Fsp3) is 0.115. The third-order valence-electron chi connectivity index (χ3n) is 5.15. The average molecular weight is 428 g/mol. The Morgan fingerprint density at radius 3 is 2.03 bits per heavy atom. The van der Waals surface area contributed by atoms with Crippen LogP contribution in [0.2, 0.25) is 0 Å². The number of hydrogen-bond donors (Lipinski definition) is 1. The number of cyclic esters (lactones) is 1. The zero-order valence-corrected chi connectivity index (χ0v) is 17.1. The normalized spacial score (nSPS) is 15.3. The van der Waals surface area contributed by atoms with Crippen LogP contribution in [-0.2, 0) is 16.0 Å². The van der Waals surface area contributed by atoms with Crippen molar-refractivity contribution < 1.29 is 29.0 Å². The zero-order valence-electron chi connectivity index (χ0n) is 17.1. The number of ketones is 1. The first-order chi connectivity index (χ1) is 15.4. The van der Waals surface area contributed by atoms with Crippen molar-refractivity contribution in [2.75, 3.05) is 0 Å². The smallest absolute Gasteiger partial charge is 0.343 e. The van der Waals surface area contributed by atoms with Crippen molar-refractivity contribution in [1.29, 1.82) is 0 Å². The van der Waals surface area contributed by atoms with Gasteiger partial charge in [-0.1, -0.05) is 18.7 Å². The number of ether oxygens (including phenoxy) is 2. The molecule has 3 aromatic rings. The molecule has 1 aliphatic heterocycles. The molecule has 160 valence electrons. The number of carbonyl (C=O) groups is 3. The van der Waals surface area contributed by atoms with Crippen molar-refractivity contribution in [2.24, 2.45) is 0 Å². The number of aromatic hydroxyl groups is 1. The number of phenols is 1. The summed E-state index contributed by atoms with van der Waals surface area (Å²) in [4.78, 5) is 36.3. The zero-order chi connectivity index (χ0) is 22.7. The van der Waals surface area contributed by atoms with Crippen LogP contribution in [0, 0.1) is 0 Å². The lowest BCUT2D eigenvalue weighted by atomic mass is 10.0. The summed E-state index contributed by atoms with van der Waals surface area (Å²) in [6, 6.07) is 19.2. The van der Waals surface area contributed by atoms with E-state index >= 15 is 0 Å². The van der Waals surface area contributed by atoms with Crippen molar-refractivity contribution in [3.63, 3.8) is 0 Å². The molecule has 1 unspecified atom stereocenters. The maximum Gasteiger partial charge on any atom is 0.343 e. The van der Waals surface area contributed by atoms with Gasteiger partial charge in [0.1, 0.15) is 17.6 Å². The second-order valence-electron chi connectivity index (χ2n) is 7.53. The van der Waals surface area contributed by atoms with Crippen molar-refractivity contribution in [3.05, 3.63) is 107 Å². The Labute approximate surface area is 184 Å². The van der Waals surface area contributed by atoms with Crippen molar-refractivity contribution in [2.45, 2.75) is 18.9 Å². The summed E-state index contributed by atoms with van der Waals surface area (Å²) in [5.41, 5.74) is 2.68. The molecule has 0 saturated carbocycles. The van der Waals surface area contributed by atoms with Gasteiger partial charge in [0.25, 0.3) is 0 Å². The first-order valence-corrected chi connectivity index (χ1v) is 10.0. The molecular formula is C26H20O6. The SMILES string of the molecule is C=C1CC(Cc2ccc(C(=O)Oc3ccc(C(=O)c4ccc(O)cc4)cc3)cc2)OC1=O. The first kappa shape index (κ1) is 21.1. The van der Waals surface area contributed by atoms with Crippen LogP contribution in [0.15, 0.2) is 84.9 Å². The molecule has 1 saturated heterocycles. The number of rotatable bonds is 6. The highest BCUT2D eigenvalue weighted by Gasteiger charge is 2.27. The van der Waals surface area contributed by atoms with Gasteiger partial charge in [0, 0.05) is 29.5 Å². The molecule has 1 N–H and O–H groups in total. The summed E-state index contributed by atoms with van der Waals surface area (Å²) < 4.78 is 10.6. The van der Waals surface area contributed by atoms with Crippen LogP contribution in [0.1, 0.15) is 38.3 Å². The second kappa shape index (κ2) is 8.89. The van der Waals surface area contributed by atoms with Crippen molar-refractivity contribution >= 4 is 17.7 Å². The molecule has 32 heavy (non-hydrogen) atoms. The van der Waals surface area contributed by atoms with Crippen LogP contribution < -0.4 is 4.74 Å². The topological polar surface area (TPSA) is 89.9 Å². The Morgan fingerprint density at radius 2 is 1.47 bits per heavy atom. The summed E-state index contributed by atoms with van der Waals surface area (Å²) in [5.74, 6) is -0.668. The predicted octanol–water partition coefficient (Wildman–Crippen LogP) is 4.26. The van der Waals surface area contributed by atoms with E-state index in [1.165, 1.54) is 12.1 Å². The average Bonchev–Trinajstić information content (AvgIpc) is 3.11. The van der Waals surface area contributed by atoms with Crippen LogP contribution in [0.4, 0.5) is 0 Å². The standard InChI is InChI=1S/C26H20O6/c1-16-14-23(32-25(16)29)15-17-2-4-20(5-3-17)26(30)31-22-12-8-19(9-13-22)24(28)18-6-10-21(27)11-7-18/h2-13,23,27H,1,14-15H2. The first-order valence-electron chi connectivity index (χ1n) is 10.0. The van der Waals surface area contributed by atoms with Crippen LogP contribution in [-0.4, -0.2) is 28.9 Å². The molecular weight excluding hydrogens is 408 g/mol. The summed E-state index contributed by atoms with van der Waals surface area (Å²) in [5, 5.41) is 9.34. The second-order valence-corrected chi connectivity index (χ2v) is 7.53. The summed E-state index contributed by atoms with van der Waals surface area (Å²) in [6.07, 6.45) is 0.834. The lowest BCUT2D eigenvalue weighted by Gasteiger charge is -2.09. The van der Waals surface area contributed by atoms with E-state index in [4.69, 9.17) is 9.47 Å². The molecule has 0 aliphatic carbocycles. The third-order valence-corrected chi connectivity index (χ3v) is 5.15. The molecule has 6 nitrogen and oxygen atoms in total. The summed E-state index contributed by atoms with van der Waals surface area (Å²) >= 11 is 0. The van der Waals surface area contributed by atoms with Gasteiger partial charge < -0.3 is 14.6 Å². The molecule has 6 heteroatoms. The van der Waals surface area contributed by atoms with E-state index in [1.54, 1.807) is 60.7 Å². The molecule has 0 aromatic heterocycles. The fourth-order valence-corrected chi connectivity index (χ4v) is 3.41. The van der Waals surface area contributed by atoms with Gasteiger partial charge in [-0.3, -0.25) is 4.79 Å². The van der Waals surface area contributed by atoms with Crippen LogP contribution in [0.3, 0.4) is 0 Å². The third kappa shape index (κ3) is 4.75. The number of hydrogen-bond acceptors (Lipinski definition) is 6. The number of carbonyl (C=O) groups excluding carboxylic acids is 3. The van der Waals surface area contributed by atoms with Crippen LogP contribution in [0.5, 0.6) is 11.5 Å². The monoisotopic (exact) mass is 428 g/mol. The minimum absolute atomic E-state index is 0.0877. The summed E-state index contributed by atoms with van der Waals surface area (Å²) in [7, 11) is 0. The van der Waals surface area contributed by atoms with E-state index in [0.717, 1.165) is 5.56 Å². The molecule has 1 atom stereocenters. The van der Waals surface area contributed by atoms with Gasteiger partial charge in [-0.2, -0.15) is 0 Å². The number of esters is 2. The lowest BCUT2D eigenvalue weighted by molar-refractivity contribution is -0.138. The molecule has 3 aromatic carbocycles. The highest BCUT2D eigenvalue weighted by molar-refractivity contribution is 6.09.